The van der Waals surface area contributed by atoms with Crippen LogP contribution in [0.5, 0.6) is 0 Å². The molecule has 2 nitrogen and oxygen atoms in total. The molecular weight excluding hydrogens is 272 g/mol. The molecule has 0 saturated heterocycles. The maximum atomic E-state index is 12.2. The Hall–Kier alpha value is -1.96. The van der Waals surface area contributed by atoms with Crippen LogP contribution in [0.25, 0.3) is 0 Å². The van der Waals surface area contributed by atoms with Crippen molar-refractivity contribution >= 4 is 11.6 Å². The average molecular weight is 296 g/mol. The maximum Gasteiger partial charge on any atom is 0.197 e. The molecule has 1 aromatic carbocycles. The van der Waals surface area contributed by atoms with E-state index in [-0.39, 0.29) is 11.6 Å². The molecule has 0 bridgehead atoms. The normalized spacial score (nSPS) is 14.0. The monoisotopic (exact) mass is 296 g/mol. The maximum absolute atomic E-state index is 12.2. The molecule has 0 spiro atoms. The molecule has 0 fully saturated rings. The number of allylic oxidation sites excluding steroid dienone is 4. The van der Waals surface area contributed by atoms with Gasteiger partial charge in [0.05, 0.1) is 5.57 Å². The fourth-order valence-corrected chi connectivity index (χ4v) is 2.73. The first-order valence-electron chi connectivity index (χ1n) is 8.31. The molecule has 0 atom stereocenters. The zero-order valence-corrected chi connectivity index (χ0v) is 13.3. The lowest BCUT2D eigenvalue weighted by Crippen LogP contribution is -1.99. The van der Waals surface area contributed by atoms with Crippen LogP contribution in [0.3, 0.4) is 0 Å². The van der Waals surface area contributed by atoms with Crippen molar-refractivity contribution < 1.29 is 9.59 Å². The summed E-state index contributed by atoms with van der Waals surface area (Å²) >= 11 is 0. The van der Waals surface area contributed by atoms with Crippen LogP contribution in [0, 0.1) is 0 Å². The molecule has 2 heteroatoms. The smallest absolute Gasteiger partial charge is 0.197 e. The van der Waals surface area contributed by atoms with Gasteiger partial charge in [0.1, 0.15) is 0 Å². The van der Waals surface area contributed by atoms with E-state index in [0.29, 0.717) is 16.7 Å². The van der Waals surface area contributed by atoms with Gasteiger partial charge in [-0.1, -0.05) is 75.4 Å². The van der Waals surface area contributed by atoms with E-state index in [1.54, 1.807) is 30.3 Å². The van der Waals surface area contributed by atoms with E-state index >= 15 is 0 Å². The number of fused-ring (bicyclic) bond motifs is 1. The molecule has 0 N–H and O–H groups in total. The van der Waals surface area contributed by atoms with Crippen LogP contribution in [0.4, 0.5) is 0 Å². The summed E-state index contributed by atoms with van der Waals surface area (Å²) in [5.74, 6) is -0.297. The summed E-state index contributed by atoms with van der Waals surface area (Å²) in [6, 6.07) is 7.02. The largest absolute Gasteiger partial charge is 0.288 e. The van der Waals surface area contributed by atoms with Gasteiger partial charge in [-0.05, 0) is 18.9 Å². The molecule has 0 heterocycles. The molecular formula is C20H24O2. The zero-order valence-electron chi connectivity index (χ0n) is 13.3. The topological polar surface area (TPSA) is 34.1 Å². The summed E-state index contributed by atoms with van der Waals surface area (Å²) in [5.41, 5.74) is 1.35. The van der Waals surface area contributed by atoms with E-state index in [2.05, 4.69) is 13.0 Å². The fourth-order valence-electron chi connectivity index (χ4n) is 2.73. The van der Waals surface area contributed by atoms with Gasteiger partial charge in [-0.15, -0.1) is 0 Å². The molecule has 0 aromatic heterocycles. The number of benzene rings is 1. The Morgan fingerprint density at radius 2 is 1.45 bits per heavy atom. The van der Waals surface area contributed by atoms with Gasteiger partial charge in [0.15, 0.2) is 11.6 Å². The molecule has 1 aromatic rings. The fraction of sp³-hybridized carbons (Fsp3) is 0.400. The Morgan fingerprint density at radius 3 is 2.09 bits per heavy atom. The second-order valence-electron chi connectivity index (χ2n) is 5.77. The third kappa shape index (κ3) is 4.03. The number of carbonyl (C=O) groups is 2. The second kappa shape index (κ2) is 8.47. The number of unbranched alkanes of at least 4 members (excludes halogenated alkanes) is 6. The van der Waals surface area contributed by atoms with Crippen molar-refractivity contribution in [2.24, 2.45) is 0 Å². The highest BCUT2D eigenvalue weighted by Gasteiger charge is 2.31. The minimum absolute atomic E-state index is 0.148. The van der Waals surface area contributed by atoms with E-state index in [0.717, 1.165) is 6.42 Å². The Bertz CT molecular complexity index is 556. The van der Waals surface area contributed by atoms with Crippen LogP contribution in [0.2, 0.25) is 0 Å². The zero-order chi connectivity index (χ0) is 15.8. The lowest BCUT2D eigenvalue weighted by molar-refractivity contribution is 0.0989. The number of ketones is 2. The molecule has 0 aliphatic heterocycles. The van der Waals surface area contributed by atoms with E-state index in [1.165, 1.54) is 38.5 Å². The van der Waals surface area contributed by atoms with Crippen molar-refractivity contribution in [3.63, 3.8) is 0 Å². The van der Waals surface area contributed by atoms with E-state index < -0.39 is 0 Å². The standard InChI is InChI=1S/C20H24O2/c1-2-3-4-5-6-7-8-9-10-15-18-19(21)16-13-11-12-14-17(16)20(18)22/h9-15H,2-8H2,1H3/b10-9-. The molecule has 116 valence electrons. The Labute approximate surface area is 132 Å². The number of rotatable bonds is 8. The van der Waals surface area contributed by atoms with Crippen molar-refractivity contribution in [2.45, 2.75) is 51.9 Å². The van der Waals surface area contributed by atoms with Gasteiger partial charge in [-0.3, -0.25) is 9.59 Å². The van der Waals surface area contributed by atoms with Gasteiger partial charge in [0.2, 0.25) is 0 Å². The highest BCUT2D eigenvalue weighted by atomic mass is 16.2. The van der Waals surface area contributed by atoms with Crippen molar-refractivity contribution in [3.8, 4) is 0 Å². The molecule has 0 unspecified atom stereocenters. The number of Topliss-reactive ketones (excluding diaryl/α,β-unsaturated/α-hetero) is 2. The number of hydrogen-bond acceptors (Lipinski definition) is 2. The Kier molecular flexibility index (Phi) is 6.32. The molecule has 2 rings (SSSR count). The van der Waals surface area contributed by atoms with Crippen molar-refractivity contribution in [1.29, 1.82) is 0 Å². The summed E-state index contributed by atoms with van der Waals surface area (Å²) in [6.45, 7) is 2.22. The number of carbonyl (C=O) groups excluding carboxylic acids is 2. The molecule has 0 saturated carbocycles. The Balaban J connectivity index is 1.81. The lowest BCUT2D eigenvalue weighted by Gasteiger charge is -1.97. The van der Waals surface area contributed by atoms with Gasteiger partial charge in [-0.25, -0.2) is 0 Å². The SMILES string of the molecule is CCCCCCCC/C=C\C=C1C(=O)c2ccccc2C1=O. The van der Waals surface area contributed by atoms with Crippen LogP contribution in [0.15, 0.2) is 48.1 Å². The molecule has 0 amide bonds. The first-order valence-corrected chi connectivity index (χ1v) is 8.31. The first-order chi connectivity index (χ1) is 10.8. The van der Waals surface area contributed by atoms with Crippen LogP contribution in [-0.2, 0) is 0 Å². The first kappa shape index (κ1) is 16.4. The summed E-state index contributed by atoms with van der Waals surface area (Å²) in [4.78, 5) is 24.3. The van der Waals surface area contributed by atoms with E-state index in [4.69, 9.17) is 0 Å². The highest BCUT2D eigenvalue weighted by molar-refractivity contribution is 6.39. The summed E-state index contributed by atoms with van der Waals surface area (Å²) in [5, 5.41) is 0. The van der Waals surface area contributed by atoms with Gasteiger partial charge in [-0.2, -0.15) is 0 Å². The van der Waals surface area contributed by atoms with Crippen molar-refractivity contribution in [3.05, 3.63) is 59.2 Å². The number of hydrogen-bond donors (Lipinski definition) is 0. The van der Waals surface area contributed by atoms with Crippen LogP contribution in [-0.4, -0.2) is 11.6 Å². The minimum atomic E-state index is -0.148. The van der Waals surface area contributed by atoms with Crippen LogP contribution < -0.4 is 0 Å². The predicted octanol–water partition coefficient (Wildman–Crippen LogP) is 5.30. The van der Waals surface area contributed by atoms with Gasteiger partial charge in [0.25, 0.3) is 0 Å². The second-order valence-corrected chi connectivity index (χ2v) is 5.77. The van der Waals surface area contributed by atoms with Crippen molar-refractivity contribution in [2.75, 3.05) is 0 Å². The molecule has 22 heavy (non-hydrogen) atoms. The molecule has 1 aliphatic carbocycles. The van der Waals surface area contributed by atoms with E-state index in [9.17, 15) is 9.59 Å². The summed E-state index contributed by atoms with van der Waals surface area (Å²) in [7, 11) is 0. The average Bonchev–Trinajstić information content (AvgIpc) is 2.78. The summed E-state index contributed by atoms with van der Waals surface area (Å²) in [6.07, 6.45) is 14.2. The molecule has 1 aliphatic rings. The lowest BCUT2D eigenvalue weighted by atomic mass is 10.1. The van der Waals surface area contributed by atoms with E-state index in [1.807, 2.05) is 6.08 Å². The minimum Gasteiger partial charge on any atom is -0.288 e. The Morgan fingerprint density at radius 1 is 0.864 bits per heavy atom. The van der Waals surface area contributed by atoms with Crippen molar-refractivity contribution in [1.82, 2.24) is 0 Å². The third-order valence-corrected chi connectivity index (χ3v) is 4.03. The quantitative estimate of drug-likeness (QED) is 0.370. The summed E-state index contributed by atoms with van der Waals surface area (Å²) < 4.78 is 0. The third-order valence-electron chi connectivity index (χ3n) is 4.03. The van der Waals surface area contributed by atoms with Gasteiger partial charge >= 0.3 is 0 Å². The predicted molar refractivity (Wildman–Crippen MR) is 90.3 cm³/mol. The van der Waals surface area contributed by atoms with Crippen LogP contribution >= 0.6 is 0 Å². The molecule has 0 radical (unpaired) electrons. The van der Waals surface area contributed by atoms with Crippen LogP contribution in [0.1, 0.15) is 72.6 Å². The highest BCUT2D eigenvalue weighted by Crippen LogP contribution is 2.25. The van der Waals surface area contributed by atoms with Gasteiger partial charge < -0.3 is 0 Å². The van der Waals surface area contributed by atoms with Gasteiger partial charge in [0, 0.05) is 11.1 Å².